The number of hydrogen-bond donors (Lipinski definition) is 2. The van der Waals surface area contributed by atoms with Crippen molar-refractivity contribution in [3.63, 3.8) is 0 Å². The van der Waals surface area contributed by atoms with Crippen molar-refractivity contribution < 1.29 is 36.6 Å². The molecule has 9 heteroatoms. The summed E-state index contributed by atoms with van der Waals surface area (Å²) in [5, 5.41) is 20.3. The fourth-order valence-electron chi connectivity index (χ4n) is 3.96. The molecular formula is C22H17F6NO2. The summed E-state index contributed by atoms with van der Waals surface area (Å²) >= 11 is 0. The maximum atomic E-state index is 13.5. The number of fused-ring (bicyclic) bond motifs is 1. The van der Waals surface area contributed by atoms with Gasteiger partial charge in [-0.3, -0.25) is 0 Å². The highest BCUT2D eigenvalue weighted by Crippen LogP contribution is 2.56. The predicted molar refractivity (Wildman–Crippen MR) is 101 cm³/mol. The summed E-state index contributed by atoms with van der Waals surface area (Å²) in [6, 6.07) is 11.1. The summed E-state index contributed by atoms with van der Waals surface area (Å²) in [7, 11) is 0. The highest BCUT2D eigenvalue weighted by atomic mass is 19.4. The lowest BCUT2D eigenvalue weighted by Gasteiger charge is -2.33. The smallest absolute Gasteiger partial charge is 0.430 e. The van der Waals surface area contributed by atoms with Crippen LogP contribution in [0.2, 0.25) is 0 Å². The molecule has 3 aromatic rings. The first-order chi connectivity index (χ1) is 14.3. The molecule has 2 N–H and O–H groups in total. The monoisotopic (exact) mass is 441 g/mol. The van der Waals surface area contributed by atoms with Crippen molar-refractivity contribution in [1.82, 2.24) is 4.98 Å². The van der Waals surface area contributed by atoms with Crippen molar-refractivity contribution in [1.29, 1.82) is 0 Å². The molecule has 0 bridgehead atoms. The van der Waals surface area contributed by atoms with Crippen molar-refractivity contribution in [2.24, 2.45) is 0 Å². The first kappa shape index (κ1) is 21.4. The van der Waals surface area contributed by atoms with Crippen molar-refractivity contribution in [3.8, 4) is 5.75 Å². The van der Waals surface area contributed by atoms with Crippen LogP contribution in [0.5, 0.6) is 5.75 Å². The van der Waals surface area contributed by atoms with E-state index >= 15 is 0 Å². The topological polar surface area (TPSA) is 53.4 Å². The molecule has 1 aromatic heterocycles. The molecule has 1 fully saturated rings. The highest BCUT2D eigenvalue weighted by molar-refractivity contribution is 5.85. The third kappa shape index (κ3) is 3.13. The standard InChI is InChI=1S/C22H17F6NO2/c1-12-5-7-14(8-6-12)19(9-10-19)18-16(30)11-13-3-2-4-15(17(13)29-18)20(31,21(23,24)25)22(26,27)28/h2-8,11,30-31H,9-10H2,1H3. The maximum absolute atomic E-state index is 13.5. The molecule has 0 spiro atoms. The molecule has 0 saturated heterocycles. The molecule has 2 aromatic carbocycles. The molecule has 0 atom stereocenters. The van der Waals surface area contributed by atoms with Gasteiger partial charge in [-0.05, 0) is 31.4 Å². The Morgan fingerprint density at radius 3 is 2.00 bits per heavy atom. The molecule has 164 valence electrons. The van der Waals surface area contributed by atoms with Gasteiger partial charge in [0.2, 0.25) is 0 Å². The first-order valence-electron chi connectivity index (χ1n) is 9.38. The first-order valence-corrected chi connectivity index (χ1v) is 9.38. The Balaban J connectivity index is 1.99. The SMILES string of the molecule is Cc1ccc(C2(c3nc4c(C(O)(C(F)(F)F)C(F)(F)F)cccc4cc3O)CC2)cc1. The Hall–Kier alpha value is -2.81. The van der Waals surface area contributed by atoms with E-state index in [9.17, 15) is 36.6 Å². The normalized spacial score (nSPS) is 16.5. The van der Waals surface area contributed by atoms with Crippen LogP contribution in [0.25, 0.3) is 10.9 Å². The maximum Gasteiger partial charge on any atom is 0.430 e. The number of aromatic nitrogens is 1. The van der Waals surface area contributed by atoms with Crippen LogP contribution in [0, 0.1) is 6.92 Å². The van der Waals surface area contributed by atoms with Crippen LogP contribution in [0.4, 0.5) is 26.3 Å². The number of para-hydroxylation sites is 1. The second-order valence-electron chi connectivity index (χ2n) is 7.89. The summed E-state index contributed by atoms with van der Waals surface area (Å²) < 4.78 is 81.0. The Morgan fingerprint density at radius 1 is 0.903 bits per heavy atom. The Labute approximate surface area is 173 Å². The average Bonchev–Trinajstić information content (AvgIpc) is 3.46. The molecule has 1 heterocycles. The number of aryl methyl sites for hydroxylation is 1. The van der Waals surface area contributed by atoms with Crippen LogP contribution in [0.3, 0.4) is 0 Å². The van der Waals surface area contributed by atoms with Crippen molar-refractivity contribution >= 4 is 10.9 Å². The molecular weight excluding hydrogens is 424 g/mol. The van der Waals surface area contributed by atoms with E-state index in [4.69, 9.17) is 0 Å². The van der Waals surface area contributed by atoms with Gasteiger partial charge in [0.1, 0.15) is 5.75 Å². The van der Waals surface area contributed by atoms with Gasteiger partial charge in [0.15, 0.2) is 0 Å². The molecule has 1 aliphatic carbocycles. The number of aliphatic hydroxyl groups is 1. The fourth-order valence-corrected chi connectivity index (χ4v) is 3.96. The van der Waals surface area contributed by atoms with E-state index in [2.05, 4.69) is 4.98 Å². The molecule has 0 aliphatic heterocycles. The number of pyridine rings is 1. The third-order valence-corrected chi connectivity index (χ3v) is 5.84. The van der Waals surface area contributed by atoms with Crippen molar-refractivity contribution in [2.45, 2.75) is 43.1 Å². The molecule has 1 saturated carbocycles. The van der Waals surface area contributed by atoms with Gasteiger partial charge in [-0.15, -0.1) is 0 Å². The van der Waals surface area contributed by atoms with Crippen molar-refractivity contribution in [3.05, 3.63) is 70.9 Å². The molecule has 0 unspecified atom stereocenters. The zero-order valence-corrected chi connectivity index (χ0v) is 16.1. The molecule has 0 amide bonds. The minimum absolute atomic E-state index is 0.0111. The zero-order chi connectivity index (χ0) is 22.8. The van der Waals surface area contributed by atoms with Gasteiger partial charge in [-0.25, -0.2) is 4.98 Å². The number of hydrogen-bond acceptors (Lipinski definition) is 3. The third-order valence-electron chi connectivity index (χ3n) is 5.84. The second-order valence-corrected chi connectivity index (χ2v) is 7.89. The van der Waals surface area contributed by atoms with E-state index in [1.807, 2.05) is 19.1 Å². The molecule has 1 aliphatic rings. The van der Waals surface area contributed by atoms with Gasteiger partial charge in [-0.1, -0.05) is 48.0 Å². The van der Waals surface area contributed by atoms with Crippen LogP contribution >= 0.6 is 0 Å². The van der Waals surface area contributed by atoms with Crippen LogP contribution in [0.15, 0.2) is 48.5 Å². The van der Waals surface area contributed by atoms with E-state index in [1.54, 1.807) is 12.1 Å². The molecule has 0 radical (unpaired) electrons. The lowest BCUT2D eigenvalue weighted by atomic mass is 9.87. The Morgan fingerprint density at radius 2 is 1.48 bits per heavy atom. The summed E-state index contributed by atoms with van der Waals surface area (Å²) in [6.45, 7) is 1.87. The summed E-state index contributed by atoms with van der Waals surface area (Å²) in [4.78, 5) is 4.09. The van der Waals surface area contributed by atoms with Crippen LogP contribution in [-0.4, -0.2) is 27.5 Å². The van der Waals surface area contributed by atoms with Crippen LogP contribution in [0.1, 0.15) is 35.2 Å². The van der Waals surface area contributed by atoms with E-state index in [0.29, 0.717) is 18.9 Å². The number of nitrogens with zero attached hydrogens (tertiary/aromatic N) is 1. The number of halogens is 6. The van der Waals surface area contributed by atoms with Crippen molar-refractivity contribution in [2.75, 3.05) is 0 Å². The zero-order valence-electron chi connectivity index (χ0n) is 16.1. The van der Waals surface area contributed by atoms with Gasteiger partial charge >= 0.3 is 12.4 Å². The lowest BCUT2D eigenvalue weighted by Crippen LogP contribution is -2.54. The number of aromatic hydroxyl groups is 1. The minimum Gasteiger partial charge on any atom is -0.506 e. The van der Waals surface area contributed by atoms with Crippen LogP contribution in [-0.2, 0) is 11.0 Å². The van der Waals surface area contributed by atoms with Gasteiger partial charge in [-0.2, -0.15) is 26.3 Å². The quantitative estimate of drug-likeness (QED) is 0.517. The highest BCUT2D eigenvalue weighted by Gasteiger charge is 2.72. The molecule has 4 rings (SSSR count). The largest absolute Gasteiger partial charge is 0.506 e. The number of alkyl halides is 6. The fraction of sp³-hybridized carbons (Fsp3) is 0.318. The molecule has 3 nitrogen and oxygen atoms in total. The lowest BCUT2D eigenvalue weighted by molar-refractivity contribution is -0.375. The molecule has 31 heavy (non-hydrogen) atoms. The number of rotatable bonds is 3. The minimum atomic E-state index is -6.03. The van der Waals surface area contributed by atoms with Crippen LogP contribution < -0.4 is 0 Å². The Kier molecular flexibility index (Phi) is 4.56. The van der Waals surface area contributed by atoms with E-state index < -0.39 is 34.4 Å². The summed E-state index contributed by atoms with van der Waals surface area (Å²) in [5.41, 5.74) is -6.30. The Bertz CT molecular complexity index is 1130. The predicted octanol–water partition coefficient (Wildman–Crippen LogP) is 5.64. The van der Waals surface area contributed by atoms with Gasteiger partial charge in [0.25, 0.3) is 5.60 Å². The van der Waals surface area contributed by atoms with Gasteiger partial charge in [0, 0.05) is 16.4 Å². The van der Waals surface area contributed by atoms with E-state index in [1.165, 1.54) is 6.07 Å². The second kappa shape index (κ2) is 6.59. The van der Waals surface area contributed by atoms with E-state index in [-0.39, 0.29) is 16.8 Å². The number of benzene rings is 2. The average molecular weight is 441 g/mol. The van der Waals surface area contributed by atoms with Gasteiger partial charge in [0.05, 0.1) is 11.2 Å². The summed E-state index contributed by atoms with van der Waals surface area (Å²) in [5.74, 6) is -0.328. The van der Waals surface area contributed by atoms with Gasteiger partial charge < -0.3 is 10.2 Å². The van der Waals surface area contributed by atoms with E-state index in [0.717, 1.165) is 23.3 Å². The summed E-state index contributed by atoms with van der Waals surface area (Å²) in [6.07, 6.45) is -11.0.